The van der Waals surface area contributed by atoms with E-state index >= 15 is 0 Å². The molecule has 0 saturated carbocycles. The summed E-state index contributed by atoms with van der Waals surface area (Å²) >= 11 is 0. The molecule has 0 spiro atoms. The van der Waals surface area contributed by atoms with Crippen molar-refractivity contribution in [2.45, 2.75) is 6.36 Å². The second kappa shape index (κ2) is 6.60. The Labute approximate surface area is 151 Å². The molecule has 0 bridgehead atoms. The Morgan fingerprint density at radius 3 is 2.48 bits per heavy atom. The third-order valence-corrected chi connectivity index (χ3v) is 3.71. The van der Waals surface area contributed by atoms with E-state index in [9.17, 15) is 13.2 Å². The van der Waals surface area contributed by atoms with Gasteiger partial charge in [-0.1, -0.05) is 12.1 Å². The van der Waals surface area contributed by atoms with Gasteiger partial charge in [-0.05, 0) is 36.4 Å². The molecule has 9 heteroatoms. The lowest BCUT2D eigenvalue weighted by molar-refractivity contribution is -0.274. The lowest BCUT2D eigenvalue weighted by atomic mass is 10.3. The summed E-state index contributed by atoms with van der Waals surface area (Å²) < 4.78 is 42.3. The van der Waals surface area contributed by atoms with Crippen LogP contribution in [0.4, 0.5) is 24.7 Å². The quantitative estimate of drug-likeness (QED) is 0.574. The van der Waals surface area contributed by atoms with Crippen molar-refractivity contribution in [1.29, 1.82) is 0 Å². The molecular weight excluding hydrogens is 359 g/mol. The average molecular weight is 371 g/mol. The highest BCUT2D eigenvalue weighted by Gasteiger charge is 2.30. The molecule has 0 atom stereocenters. The first-order chi connectivity index (χ1) is 13.0. The van der Waals surface area contributed by atoms with Gasteiger partial charge in [-0.3, -0.25) is 4.57 Å². The molecule has 4 rings (SSSR count). The average Bonchev–Trinajstić information content (AvgIpc) is 3.07. The first-order valence-electron chi connectivity index (χ1n) is 7.85. The number of hydrogen-bond acceptors (Lipinski definition) is 5. The van der Waals surface area contributed by atoms with Crippen molar-refractivity contribution in [3.63, 3.8) is 0 Å². The van der Waals surface area contributed by atoms with E-state index in [-0.39, 0.29) is 5.75 Å². The number of aromatic nitrogens is 4. The molecule has 27 heavy (non-hydrogen) atoms. The zero-order valence-corrected chi connectivity index (χ0v) is 13.7. The summed E-state index contributed by atoms with van der Waals surface area (Å²) in [6, 6.07) is 14.7. The fourth-order valence-corrected chi connectivity index (χ4v) is 2.58. The van der Waals surface area contributed by atoms with Crippen LogP contribution in [0.15, 0.2) is 67.3 Å². The van der Waals surface area contributed by atoms with Crippen molar-refractivity contribution in [1.82, 2.24) is 19.5 Å². The van der Waals surface area contributed by atoms with Gasteiger partial charge in [0.15, 0.2) is 0 Å². The SMILES string of the molecule is FC(F)(F)Oc1ccc(Nc2cc(-n3cnc4ccccc43)ncn2)cc1. The Hall–Kier alpha value is -3.62. The van der Waals surface area contributed by atoms with Gasteiger partial charge >= 0.3 is 6.36 Å². The fourth-order valence-electron chi connectivity index (χ4n) is 2.58. The molecule has 0 aliphatic heterocycles. The molecule has 0 aliphatic rings. The van der Waals surface area contributed by atoms with Gasteiger partial charge in [0, 0.05) is 11.8 Å². The maximum Gasteiger partial charge on any atom is 0.573 e. The number of rotatable bonds is 4. The Balaban J connectivity index is 1.56. The number of para-hydroxylation sites is 2. The summed E-state index contributed by atoms with van der Waals surface area (Å²) in [6.07, 6.45) is -1.66. The molecule has 0 unspecified atom stereocenters. The summed E-state index contributed by atoms with van der Waals surface area (Å²) in [4.78, 5) is 12.7. The van der Waals surface area contributed by atoms with Crippen LogP contribution in [0.2, 0.25) is 0 Å². The zero-order chi connectivity index (χ0) is 18.9. The molecule has 1 N–H and O–H groups in total. The Morgan fingerprint density at radius 2 is 1.70 bits per heavy atom. The molecule has 6 nitrogen and oxygen atoms in total. The molecular formula is C18H12F3N5O. The summed E-state index contributed by atoms with van der Waals surface area (Å²) in [6.45, 7) is 0. The van der Waals surface area contributed by atoms with Gasteiger partial charge in [-0.25, -0.2) is 15.0 Å². The Morgan fingerprint density at radius 1 is 0.926 bits per heavy atom. The second-order valence-corrected chi connectivity index (χ2v) is 5.56. The lowest BCUT2D eigenvalue weighted by Crippen LogP contribution is -2.16. The highest BCUT2D eigenvalue weighted by atomic mass is 19.4. The molecule has 2 heterocycles. The van der Waals surface area contributed by atoms with Crippen LogP contribution in [-0.2, 0) is 0 Å². The van der Waals surface area contributed by atoms with Gasteiger partial charge in [0.2, 0.25) is 0 Å². The minimum Gasteiger partial charge on any atom is -0.406 e. The minimum absolute atomic E-state index is 0.290. The largest absolute Gasteiger partial charge is 0.573 e. The van der Waals surface area contributed by atoms with Crippen LogP contribution in [0.5, 0.6) is 5.75 Å². The van der Waals surface area contributed by atoms with Crippen LogP contribution >= 0.6 is 0 Å². The van der Waals surface area contributed by atoms with Gasteiger partial charge in [0.25, 0.3) is 0 Å². The molecule has 0 saturated heterocycles. The van der Waals surface area contributed by atoms with Gasteiger partial charge in [-0.2, -0.15) is 0 Å². The number of nitrogens with zero attached hydrogens (tertiary/aromatic N) is 4. The number of ether oxygens (including phenoxy) is 1. The van der Waals surface area contributed by atoms with E-state index in [2.05, 4.69) is 25.0 Å². The van der Waals surface area contributed by atoms with Crippen LogP contribution in [0.25, 0.3) is 16.9 Å². The zero-order valence-electron chi connectivity index (χ0n) is 13.7. The maximum atomic E-state index is 12.2. The molecule has 4 aromatic rings. The van der Waals surface area contributed by atoms with E-state index in [0.29, 0.717) is 17.3 Å². The van der Waals surface area contributed by atoms with Gasteiger partial charge in [0.05, 0.1) is 11.0 Å². The van der Waals surface area contributed by atoms with Crippen molar-refractivity contribution in [2.75, 3.05) is 5.32 Å². The second-order valence-electron chi connectivity index (χ2n) is 5.56. The Bertz CT molecular complexity index is 1080. The van der Waals surface area contributed by atoms with Crippen molar-refractivity contribution >= 4 is 22.5 Å². The minimum atomic E-state index is -4.72. The third-order valence-electron chi connectivity index (χ3n) is 3.71. The van der Waals surface area contributed by atoms with Gasteiger partial charge < -0.3 is 10.1 Å². The smallest absolute Gasteiger partial charge is 0.406 e. The van der Waals surface area contributed by atoms with Crippen molar-refractivity contribution < 1.29 is 17.9 Å². The molecule has 2 aromatic carbocycles. The number of anilines is 2. The number of hydrogen-bond donors (Lipinski definition) is 1. The van der Waals surface area contributed by atoms with Crippen LogP contribution in [0.1, 0.15) is 0 Å². The number of nitrogens with one attached hydrogen (secondary N) is 1. The van der Waals surface area contributed by atoms with E-state index in [1.165, 1.54) is 30.6 Å². The van der Waals surface area contributed by atoms with Crippen molar-refractivity contribution in [3.8, 4) is 11.6 Å². The van der Waals surface area contributed by atoms with Crippen molar-refractivity contribution in [3.05, 3.63) is 67.3 Å². The fraction of sp³-hybridized carbons (Fsp3) is 0.0556. The van der Waals surface area contributed by atoms with Crippen LogP contribution < -0.4 is 10.1 Å². The summed E-state index contributed by atoms with van der Waals surface area (Å²) in [7, 11) is 0. The van der Waals surface area contributed by atoms with Crippen LogP contribution in [0, 0.1) is 0 Å². The van der Waals surface area contributed by atoms with E-state index in [0.717, 1.165) is 11.0 Å². The van der Waals surface area contributed by atoms with Gasteiger partial charge in [-0.15, -0.1) is 13.2 Å². The standard InChI is InChI=1S/C18H12F3N5O/c19-18(20,21)27-13-7-5-12(6-8-13)25-16-9-17(23-10-22-16)26-11-24-14-3-1-2-4-15(14)26/h1-11H,(H,22,23,25). The third kappa shape index (κ3) is 3.81. The number of imidazole rings is 1. The number of halogens is 3. The first kappa shape index (κ1) is 16.8. The van der Waals surface area contributed by atoms with Crippen LogP contribution in [-0.4, -0.2) is 25.9 Å². The predicted octanol–water partition coefficient (Wildman–Crippen LogP) is 4.46. The number of alkyl halides is 3. The Kier molecular flexibility index (Phi) is 4.11. The summed E-state index contributed by atoms with van der Waals surface area (Å²) in [5.41, 5.74) is 2.30. The molecule has 2 aromatic heterocycles. The number of fused-ring (bicyclic) bond motifs is 1. The summed E-state index contributed by atoms with van der Waals surface area (Å²) in [5.74, 6) is 0.807. The van der Waals surface area contributed by atoms with Crippen LogP contribution in [0.3, 0.4) is 0 Å². The predicted molar refractivity (Wildman–Crippen MR) is 93.1 cm³/mol. The molecule has 0 fully saturated rings. The summed E-state index contributed by atoms with van der Waals surface area (Å²) in [5, 5.41) is 3.02. The highest BCUT2D eigenvalue weighted by Crippen LogP contribution is 2.25. The normalized spacial score (nSPS) is 11.5. The molecule has 0 amide bonds. The molecule has 0 radical (unpaired) electrons. The van der Waals surface area contributed by atoms with Gasteiger partial charge in [0.1, 0.15) is 30.0 Å². The molecule has 0 aliphatic carbocycles. The molecule has 136 valence electrons. The van der Waals surface area contributed by atoms with E-state index in [1.54, 1.807) is 12.4 Å². The monoisotopic (exact) mass is 371 g/mol. The lowest BCUT2D eigenvalue weighted by Gasteiger charge is -2.10. The highest BCUT2D eigenvalue weighted by molar-refractivity contribution is 5.77. The van der Waals surface area contributed by atoms with E-state index in [4.69, 9.17) is 0 Å². The maximum absolute atomic E-state index is 12.2. The first-order valence-corrected chi connectivity index (χ1v) is 7.85. The van der Waals surface area contributed by atoms with Crippen molar-refractivity contribution in [2.24, 2.45) is 0 Å². The number of benzene rings is 2. The van der Waals surface area contributed by atoms with E-state index in [1.807, 2.05) is 28.8 Å². The topological polar surface area (TPSA) is 64.9 Å². The van der Waals surface area contributed by atoms with E-state index < -0.39 is 6.36 Å².